The maximum absolute atomic E-state index is 13.4. The summed E-state index contributed by atoms with van der Waals surface area (Å²) in [7, 11) is 0. The zero-order valence-corrected chi connectivity index (χ0v) is 18.1. The molecule has 0 atom stereocenters. The number of nitrogens with one attached hydrogen (secondary N) is 2. The molecule has 0 aromatic heterocycles. The number of anilines is 2. The molecule has 3 rings (SSSR count). The molecule has 6 N–H and O–H groups in total. The first-order valence-electron chi connectivity index (χ1n) is 10.5. The molecule has 0 unspecified atom stereocenters. The van der Waals surface area contributed by atoms with Crippen LogP contribution in [0.1, 0.15) is 45.7 Å². The van der Waals surface area contributed by atoms with Crippen LogP contribution in [0.3, 0.4) is 0 Å². The van der Waals surface area contributed by atoms with Crippen LogP contribution in [0.25, 0.3) is 0 Å². The molecule has 32 heavy (non-hydrogen) atoms. The van der Waals surface area contributed by atoms with E-state index in [1.807, 2.05) is 0 Å². The maximum Gasteiger partial charge on any atom is 0.200 e. The summed E-state index contributed by atoms with van der Waals surface area (Å²) in [4.78, 5) is 26.8. The highest BCUT2D eigenvalue weighted by molar-refractivity contribution is 6.33. The quantitative estimate of drug-likeness (QED) is 0.203. The normalized spacial score (nSPS) is 12.8. The molecule has 0 heterocycles. The van der Waals surface area contributed by atoms with Crippen LogP contribution in [0.15, 0.2) is 24.3 Å². The summed E-state index contributed by atoms with van der Waals surface area (Å²) >= 11 is 0. The van der Waals surface area contributed by atoms with Gasteiger partial charge in [-0.1, -0.05) is 13.8 Å². The van der Waals surface area contributed by atoms with Crippen LogP contribution in [-0.4, -0.2) is 81.6 Å². The molecule has 0 amide bonds. The van der Waals surface area contributed by atoms with Crippen molar-refractivity contribution in [2.45, 2.75) is 13.8 Å². The van der Waals surface area contributed by atoms with Gasteiger partial charge in [-0.25, -0.2) is 0 Å². The number of hydrogen-bond donors (Lipinski definition) is 6. The van der Waals surface area contributed by atoms with Crippen molar-refractivity contribution < 1.29 is 30.2 Å². The van der Waals surface area contributed by atoms with Crippen LogP contribution in [0.4, 0.5) is 11.4 Å². The van der Waals surface area contributed by atoms with Crippen LogP contribution in [0, 0.1) is 0 Å². The first-order chi connectivity index (χ1) is 15.3. The molecule has 0 bridgehead atoms. The van der Waals surface area contributed by atoms with Gasteiger partial charge in [0.2, 0.25) is 11.6 Å². The van der Waals surface area contributed by atoms with Gasteiger partial charge in [0.1, 0.15) is 11.5 Å². The topological polar surface area (TPSA) is 146 Å². The number of fused-ring (bicyclic) bond motifs is 2. The van der Waals surface area contributed by atoms with Crippen molar-refractivity contribution in [1.29, 1.82) is 0 Å². The van der Waals surface area contributed by atoms with E-state index in [-0.39, 0.29) is 22.3 Å². The standard InChI is InChI=1S/C22H28N4O6/c1-3-25(31)11-9-23-13-5-6-14(24-10-12-26(32)4-2)18-17(13)21(29)19-15(27)7-8-16(28)20(19)22(18)30/h5-8,23-24,27-28,31-32H,3-4,9-12H2,1-2H3. The lowest BCUT2D eigenvalue weighted by Crippen LogP contribution is -2.29. The Kier molecular flexibility index (Phi) is 7.31. The van der Waals surface area contributed by atoms with Gasteiger partial charge in [-0.15, -0.1) is 0 Å². The number of hydrogen-bond acceptors (Lipinski definition) is 10. The second-order valence-electron chi connectivity index (χ2n) is 7.37. The Bertz CT molecular complexity index is 946. The maximum atomic E-state index is 13.4. The van der Waals surface area contributed by atoms with Crippen molar-refractivity contribution in [3.8, 4) is 11.5 Å². The molecular formula is C22H28N4O6. The van der Waals surface area contributed by atoms with E-state index in [4.69, 9.17) is 0 Å². The molecule has 0 saturated carbocycles. The predicted octanol–water partition coefficient (Wildman–Crippen LogP) is 2.12. The third-order valence-electron chi connectivity index (χ3n) is 5.38. The number of aromatic hydroxyl groups is 2. The van der Waals surface area contributed by atoms with E-state index in [9.17, 15) is 30.2 Å². The van der Waals surface area contributed by atoms with Gasteiger partial charge in [0, 0.05) is 50.6 Å². The predicted molar refractivity (Wildman–Crippen MR) is 118 cm³/mol. The van der Waals surface area contributed by atoms with Crippen molar-refractivity contribution in [2.24, 2.45) is 0 Å². The first kappa shape index (κ1) is 23.5. The number of phenols is 2. The number of likely N-dealkylation sites (N-methyl/N-ethyl adjacent to an activating group) is 2. The van der Waals surface area contributed by atoms with Gasteiger partial charge in [-0.2, -0.15) is 10.1 Å². The van der Waals surface area contributed by atoms with Crippen molar-refractivity contribution >= 4 is 22.9 Å². The Morgan fingerprint density at radius 1 is 0.688 bits per heavy atom. The monoisotopic (exact) mass is 444 g/mol. The first-order valence-corrected chi connectivity index (χ1v) is 10.5. The summed E-state index contributed by atoms with van der Waals surface area (Å²) in [5, 5.41) is 48.2. The SMILES string of the molecule is CCN(O)CCNc1ccc(NCCN(O)CC)c2c1C(=O)c1c(O)ccc(O)c1C2=O. The highest BCUT2D eigenvalue weighted by Gasteiger charge is 2.37. The van der Waals surface area contributed by atoms with E-state index in [1.165, 1.54) is 12.1 Å². The molecule has 0 aliphatic heterocycles. The summed E-state index contributed by atoms with van der Waals surface area (Å²) < 4.78 is 0. The lowest BCUT2D eigenvalue weighted by molar-refractivity contribution is -0.0825. The zero-order valence-electron chi connectivity index (χ0n) is 18.1. The average molecular weight is 444 g/mol. The molecule has 0 saturated heterocycles. The molecule has 2 aromatic carbocycles. The number of carbonyl (C=O) groups is 2. The van der Waals surface area contributed by atoms with Crippen molar-refractivity contribution in [3.63, 3.8) is 0 Å². The molecule has 1 aliphatic carbocycles. The average Bonchev–Trinajstić information content (AvgIpc) is 2.78. The van der Waals surface area contributed by atoms with E-state index >= 15 is 0 Å². The molecule has 0 radical (unpaired) electrons. The third-order valence-corrected chi connectivity index (χ3v) is 5.38. The minimum absolute atomic E-state index is 0.0748. The highest BCUT2D eigenvalue weighted by atomic mass is 16.5. The van der Waals surface area contributed by atoms with E-state index in [1.54, 1.807) is 26.0 Å². The smallest absolute Gasteiger partial charge is 0.200 e. The molecule has 2 aromatic rings. The lowest BCUT2D eigenvalue weighted by atomic mass is 9.81. The lowest BCUT2D eigenvalue weighted by Gasteiger charge is -2.25. The second-order valence-corrected chi connectivity index (χ2v) is 7.37. The minimum Gasteiger partial charge on any atom is -0.507 e. The number of nitrogens with zero attached hydrogens (tertiary/aromatic N) is 2. The summed E-state index contributed by atoms with van der Waals surface area (Å²) in [5.74, 6) is -1.97. The molecule has 10 heteroatoms. The van der Waals surface area contributed by atoms with Gasteiger partial charge in [-0.3, -0.25) is 9.59 Å². The van der Waals surface area contributed by atoms with Crippen LogP contribution >= 0.6 is 0 Å². The Morgan fingerprint density at radius 2 is 1.06 bits per heavy atom. The molecule has 10 nitrogen and oxygen atoms in total. The Labute approximate surface area is 185 Å². The van der Waals surface area contributed by atoms with Gasteiger partial charge >= 0.3 is 0 Å². The third kappa shape index (κ3) is 4.53. The van der Waals surface area contributed by atoms with Crippen LogP contribution in [0.5, 0.6) is 11.5 Å². The fourth-order valence-electron chi connectivity index (χ4n) is 3.61. The van der Waals surface area contributed by atoms with E-state index in [0.717, 1.165) is 10.1 Å². The highest BCUT2D eigenvalue weighted by Crippen LogP contribution is 2.42. The summed E-state index contributed by atoms with van der Waals surface area (Å²) in [6.45, 7) is 5.64. The Balaban J connectivity index is 2.04. The summed E-state index contributed by atoms with van der Waals surface area (Å²) in [6, 6.07) is 5.62. The van der Waals surface area contributed by atoms with Crippen LogP contribution in [0.2, 0.25) is 0 Å². The second kappa shape index (κ2) is 9.96. The molecule has 172 valence electrons. The van der Waals surface area contributed by atoms with Crippen molar-refractivity contribution in [2.75, 3.05) is 49.9 Å². The molecule has 0 fully saturated rings. The largest absolute Gasteiger partial charge is 0.507 e. The van der Waals surface area contributed by atoms with E-state index in [2.05, 4.69) is 10.6 Å². The summed E-state index contributed by atoms with van der Waals surface area (Å²) in [5.41, 5.74) is 0.412. The summed E-state index contributed by atoms with van der Waals surface area (Å²) in [6.07, 6.45) is 0. The van der Waals surface area contributed by atoms with E-state index in [0.29, 0.717) is 50.6 Å². The number of phenolic OH excluding ortho intramolecular Hbond substituents is 2. The fraction of sp³-hybridized carbons (Fsp3) is 0.364. The van der Waals surface area contributed by atoms with Crippen LogP contribution < -0.4 is 10.6 Å². The molecule has 1 aliphatic rings. The van der Waals surface area contributed by atoms with Crippen molar-refractivity contribution in [3.05, 3.63) is 46.5 Å². The molecular weight excluding hydrogens is 416 g/mol. The number of rotatable bonds is 10. The van der Waals surface area contributed by atoms with E-state index < -0.39 is 23.1 Å². The van der Waals surface area contributed by atoms with Crippen LogP contribution in [-0.2, 0) is 0 Å². The Morgan fingerprint density at radius 3 is 1.41 bits per heavy atom. The number of ketones is 2. The number of carbonyl (C=O) groups excluding carboxylic acids is 2. The van der Waals surface area contributed by atoms with Gasteiger partial charge in [0.25, 0.3) is 0 Å². The Hall–Kier alpha value is -3.18. The fourth-order valence-corrected chi connectivity index (χ4v) is 3.61. The van der Waals surface area contributed by atoms with Gasteiger partial charge in [-0.05, 0) is 24.3 Å². The molecule has 0 spiro atoms. The number of benzene rings is 2. The zero-order chi connectivity index (χ0) is 23.4. The van der Waals surface area contributed by atoms with Gasteiger partial charge in [0.05, 0.1) is 22.3 Å². The minimum atomic E-state index is -0.595. The van der Waals surface area contributed by atoms with Gasteiger partial charge < -0.3 is 31.3 Å². The number of hydroxylamine groups is 4. The van der Waals surface area contributed by atoms with Crippen molar-refractivity contribution in [1.82, 2.24) is 10.1 Å². The van der Waals surface area contributed by atoms with Gasteiger partial charge in [0.15, 0.2) is 0 Å².